The summed E-state index contributed by atoms with van der Waals surface area (Å²) in [7, 11) is 0. The van der Waals surface area contributed by atoms with Crippen molar-refractivity contribution in [3.05, 3.63) is 94.7 Å². The normalized spacial score (nSPS) is 13.1. The fraction of sp³-hybridized carbons (Fsp3) is 0.200. The molecule has 0 aliphatic carbocycles. The predicted molar refractivity (Wildman–Crippen MR) is 119 cm³/mol. The van der Waals surface area contributed by atoms with E-state index in [2.05, 4.69) is 10.3 Å². The molecule has 0 saturated carbocycles. The molecule has 0 saturated heterocycles. The lowest BCUT2D eigenvalue weighted by Crippen LogP contribution is -2.31. The SMILES string of the molecule is O=C(NCc1cccnc1OCC(F)(F)F)c1ccc2c(c1)C(=O)N(CCc1ccccc1)C2=O. The number of benzene rings is 2. The minimum Gasteiger partial charge on any atom is -0.468 e. The van der Waals surface area contributed by atoms with E-state index in [4.69, 9.17) is 4.74 Å². The van der Waals surface area contributed by atoms with Gasteiger partial charge >= 0.3 is 6.18 Å². The molecule has 1 aliphatic heterocycles. The van der Waals surface area contributed by atoms with E-state index in [1.807, 2.05) is 30.3 Å². The van der Waals surface area contributed by atoms with Gasteiger partial charge in [0.1, 0.15) is 0 Å². The minimum absolute atomic E-state index is 0.131. The van der Waals surface area contributed by atoms with Crippen molar-refractivity contribution in [1.29, 1.82) is 0 Å². The van der Waals surface area contributed by atoms with Gasteiger partial charge in [0.05, 0.1) is 11.1 Å². The van der Waals surface area contributed by atoms with Gasteiger partial charge < -0.3 is 10.1 Å². The first-order chi connectivity index (χ1) is 16.7. The number of carbonyl (C=O) groups is 3. The molecule has 0 atom stereocenters. The van der Waals surface area contributed by atoms with Crippen molar-refractivity contribution in [2.45, 2.75) is 19.1 Å². The van der Waals surface area contributed by atoms with Crippen molar-refractivity contribution in [2.24, 2.45) is 0 Å². The van der Waals surface area contributed by atoms with Crippen LogP contribution in [0.3, 0.4) is 0 Å². The van der Waals surface area contributed by atoms with Crippen LogP contribution in [0.15, 0.2) is 66.9 Å². The molecule has 2 aromatic carbocycles. The van der Waals surface area contributed by atoms with E-state index in [0.29, 0.717) is 6.42 Å². The van der Waals surface area contributed by atoms with Gasteiger partial charge in [0.2, 0.25) is 5.88 Å². The molecule has 0 radical (unpaired) electrons. The van der Waals surface area contributed by atoms with Crippen LogP contribution in [0.2, 0.25) is 0 Å². The lowest BCUT2D eigenvalue weighted by atomic mass is 10.1. The van der Waals surface area contributed by atoms with Crippen molar-refractivity contribution in [3.8, 4) is 5.88 Å². The Labute approximate surface area is 198 Å². The molecule has 1 aromatic heterocycles. The van der Waals surface area contributed by atoms with Gasteiger partial charge in [-0.1, -0.05) is 36.4 Å². The highest BCUT2D eigenvalue weighted by Gasteiger charge is 2.35. The van der Waals surface area contributed by atoms with Crippen LogP contribution in [0.25, 0.3) is 0 Å². The van der Waals surface area contributed by atoms with E-state index in [-0.39, 0.29) is 41.2 Å². The maximum atomic E-state index is 12.8. The van der Waals surface area contributed by atoms with Crippen LogP contribution in [0.5, 0.6) is 5.88 Å². The largest absolute Gasteiger partial charge is 0.468 e. The third kappa shape index (κ3) is 5.65. The van der Waals surface area contributed by atoms with Crippen molar-refractivity contribution in [3.63, 3.8) is 0 Å². The van der Waals surface area contributed by atoms with Gasteiger partial charge in [-0.15, -0.1) is 0 Å². The summed E-state index contributed by atoms with van der Waals surface area (Å²) in [5, 5.41) is 2.58. The molecule has 1 aliphatic rings. The van der Waals surface area contributed by atoms with E-state index in [9.17, 15) is 27.6 Å². The first-order valence-corrected chi connectivity index (χ1v) is 10.7. The van der Waals surface area contributed by atoms with Crippen molar-refractivity contribution >= 4 is 17.7 Å². The third-order valence-corrected chi connectivity index (χ3v) is 5.36. The highest BCUT2D eigenvalue weighted by Crippen LogP contribution is 2.25. The van der Waals surface area contributed by atoms with Crippen molar-refractivity contribution in [2.75, 3.05) is 13.2 Å². The summed E-state index contributed by atoms with van der Waals surface area (Å²) in [4.78, 5) is 43.1. The number of pyridine rings is 1. The summed E-state index contributed by atoms with van der Waals surface area (Å²) in [5.74, 6) is -1.71. The van der Waals surface area contributed by atoms with E-state index >= 15 is 0 Å². The average Bonchev–Trinajstić information content (AvgIpc) is 3.09. The van der Waals surface area contributed by atoms with E-state index < -0.39 is 30.5 Å². The quantitative estimate of drug-likeness (QED) is 0.493. The Hall–Kier alpha value is -4.21. The molecule has 1 N–H and O–H groups in total. The number of aromatic nitrogens is 1. The number of hydrogen-bond donors (Lipinski definition) is 1. The Bertz CT molecular complexity index is 1260. The first-order valence-electron chi connectivity index (χ1n) is 10.7. The zero-order chi connectivity index (χ0) is 25.0. The van der Waals surface area contributed by atoms with Crippen LogP contribution in [-0.2, 0) is 13.0 Å². The summed E-state index contributed by atoms with van der Waals surface area (Å²) in [6.07, 6.45) is -2.74. The number of nitrogens with one attached hydrogen (secondary N) is 1. The third-order valence-electron chi connectivity index (χ3n) is 5.36. The minimum atomic E-state index is -4.53. The summed E-state index contributed by atoms with van der Waals surface area (Å²) in [6, 6.07) is 16.6. The van der Waals surface area contributed by atoms with Gasteiger partial charge in [0.25, 0.3) is 17.7 Å². The van der Waals surface area contributed by atoms with Crippen molar-refractivity contribution in [1.82, 2.24) is 15.2 Å². The van der Waals surface area contributed by atoms with Crippen LogP contribution in [0, 0.1) is 0 Å². The molecule has 2 heterocycles. The number of hydrogen-bond acceptors (Lipinski definition) is 5. The topological polar surface area (TPSA) is 88.6 Å². The number of amides is 3. The van der Waals surface area contributed by atoms with Crippen LogP contribution in [0.1, 0.15) is 42.2 Å². The monoisotopic (exact) mass is 483 g/mol. The van der Waals surface area contributed by atoms with E-state index in [0.717, 1.165) is 10.5 Å². The zero-order valence-electron chi connectivity index (χ0n) is 18.3. The number of rotatable bonds is 8. The van der Waals surface area contributed by atoms with E-state index in [1.54, 1.807) is 0 Å². The molecule has 35 heavy (non-hydrogen) atoms. The molecule has 3 aromatic rings. The Morgan fingerprint density at radius 2 is 1.71 bits per heavy atom. The molecule has 10 heteroatoms. The van der Waals surface area contributed by atoms with Gasteiger partial charge in [-0.05, 0) is 36.2 Å². The maximum absolute atomic E-state index is 12.8. The Morgan fingerprint density at radius 1 is 0.971 bits per heavy atom. The van der Waals surface area contributed by atoms with Gasteiger partial charge in [-0.2, -0.15) is 13.2 Å². The molecule has 0 fully saturated rings. The van der Waals surface area contributed by atoms with Crippen LogP contribution >= 0.6 is 0 Å². The number of halogens is 3. The van der Waals surface area contributed by atoms with Gasteiger partial charge in [-0.25, -0.2) is 4.98 Å². The number of nitrogens with zero attached hydrogens (tertiary/aromatic N) is 2. The fourth-order valence-electron chi connectivity index (χ4n) is 3.64. The van der Waals surface area contributed by atoms with Gasteiger partial charge in [-0.3, -0.25) is 19.3 Å². The maximum Gasteiger partial charge on any atom is 0.422 e. The molecule has 0 spiro atoms. The summed E-state index contributed by atoms with van der Waals surface area (Å²) < 4.78 is 42.1. The lowest BCUT2D eigenvalue weighted by molar-refractivity contribution is -0.154. The molecule has 7 nitrogen and oxygen atoms in total. The highest BCUT2D eigenvalue weighted by atomic mass is 19.4. The Morgan fingerprint density at radius 3 is 2.46 bits per heavy atom. The number of fused-ring (bicyclic) bond motifs is 1. The lowest BCUT2D eigenvalue weighted by Gasteiger charge is -2.13. The molecule has 0 unspecified atom stereocenters. The average molecular weight is 483 g/mol. The molecule has 180 valence electrons. The summed E-state index contributed by atoms with van der Waals surface area (Å²) >= 11 is 0. The van der Waals surface area contributed by atoms with Crippen LogP contribution < -0.4 is 10.1 Å². The van der Waals surface area contributed by atoms with Crippen molar-refractivity contribution < 1.29 is 32.3 Å². The number of imide groups is 1. The summed E-state index contributed by atoms with van der Waals surface area (Å²) in [6.45, 7) is -1.45. The smallest absolute Gasteiger partial charge is 0.422 e. The number of alkyl halides is 3. The first kappa shape index (κ1) is 23.9. The Balaban J connectivity index is 1.42. The van der Waals surface area contributed by atoms with Crippen LogP contribution in [-0.4, -0.2) is 46.9 Å². The standard InChI is InChI=1S/C25H20F3N3O4/c26-25(27,28)15-35-22-18(7-4-11-29-22)14-30-21(32)17-8-9-19-20(13-17)24(34)31(23(19)33)12-10-16-5-2-1-3-6-16/h1-9,11,13H,10,12,14-15H2,(H,30,32). The van der Waals surface area contributed by atoms with Crippen LogP contribution in [0.4, 0.5) is 13.2 Å². The summed E-state index contributed by atoms with van der Waals surface area (Å²) in [5.41, 5.74) is 1.72. The molecule has 3 amide bonds. The molecular weight excluding hydrogens is 463 g/mol. The second-order valence-electron chi connectivity index (χ2n) is 7.81. The molecule has 0 bridgehead atoms. The highest BCUT2D eigenvalue weighted by molar-refractivity contribution is 6.22. The molecule has 4 rings (SSSR count). The Kier molecular flexibility index (Phi) is 6.81. The number of carbonyl (C=O) groups excluding carboxylic acids is 3. The number of ether oxygens (including phenoxy) is 1. The van der Waals surface area contributed by atoms with E-state index in [1.165, 1.54) is 36.5 Å². The van der Waals surface area contributed by atoms with Gasteiger partial charge in [0.15, 0.2) is 6.61 Å². The second-order valence-corrected chi connectivity index (χ2v) is 7.81. The second kappa shape index (κ2) is 9.96. The fourth-order valence-corrected chi connectivity index (χ4v) is 3.64. The zero-order valence-corrected chi connectivity index (χ0v) is 18.3. The molecular formula is C25H20F3N3O4. The predicted octanol–water partition coefficient (Wildman–Crippen LogP) is 3.79. The van der Waals surface area contributed by atoms with Gasteiger partial charge in [0, 0.05) is 30.4 Å².